The highest BCUT2D eigenvalue weighted by molar-refractivity contribution is 7.92. The number of nitrogens with one attached hydrogen (secondary N) is 2. The van der Waals surface area contributed by atoms with Gasteiger partial charge in [-0.3, -0.25) is 9.71 Å². The molecule has 0 unspecified atom stereocenters. The lowest BCUT2D eigenvalue weighted by molar-refractivity contribution is -0.215. The number of nitrogens with zero attached hydrogens (tertiary/aromatic N) is 3. The first-order valence-electron chi connectivity index (χ1n) is 10.2. The van der Waals surface area contributed by atoms with Crippen LogP contribution in [0.1, 0.15) is 18.1 Å². The first-order chi connectivity index (χ1) is 15.7. The van der Waals surface area contributed by atoms with E-state index in [2.05, 4.69) is 25.0 Å². The summed E-state index contributed by atoms with van der Waals surface area (Å²) in [6, 6.07) is 18.9. The van der Waals surface area contributed by atoms with Crippen molar-refractivity contribution in [3.8, 4) is 0 Å². The van der Waals surface area contributed by atoms with Crippen molar-refractivity contribution in [3.05, 3.63) is 77.9 Å². The number of fused-ring (bicyclic) bond motifs is 1. The summed E-state index contributed by atoms with van der Waals surface area (Å²) in [5.41, 5.74) is 4.19. The monoisotopic (exact) mass is 460 g/mol. The number of hydrogen-bond donors (Lipinski definition) is 2. The number of rotatable bonds is 6. The molecule has 0 aliphatic rings. The van der Waals surface area contributed by atoms with Crippen LogP contribution in [-0.4, -0.2) is 24.3 Å². The molecule has 0 aliphatic heterocycles. The third kappa shape index (κ3) is 5.09. The van der Waals surface area contributed by atoms with Gasteiger partial charge in [-0.15, -0.1) is 0 Å². The Bertz CT molecular complexity index is 1460. The highest BCUT2D eigenvalue weighted by Gasteiger charge is 2.19. The van der Waals surface area contributed by atoms with E-state index in [1.54, 1.807) is 54.6 Å². The number of sulfonamides is 1. The van der Waals surface area contributed by atoms with Crippen LogP contribution in [0.3, 0.4) is 0 Å². The van der Waals surface area contributed by atoms with Crippen molar-refractivity contribution in [2.45, 2.75) is 25.7 Å². The Kier molecular flexibility index (Phi) is 5.97. The predicted octanol–water partition coefficient (Wildman–Crippen LogP) is 4.20. The van der Waals surface area contributed by atoms with Gasteiger partial charge in [0.15, 0.2) is 11.6 Å². The van der Waals surface area contributed by atoms with Crippen LogP contribution in [0.15, 0.2) is 76.6 Å². The molecule has 9 heteroatoms. The molecule has 168 valence electrons. The molecular weight excluding hydrogens is 438 g/mol. The van der Waals surface area contributed by atoms with Crippen molar-refractivity contribution in [2.24, 2.45) is 4.99 Å². The SMILES string of the molecule is CC([O-])=Nc1ccc(Nc2nc3ccccc3nc2NS(=O)(=O)c2ccc(C)c(C)c2)cc1. The Labute approximate surface area is 192 Å². The van der Waals surface area contributed by atoms with E-state index < -0.39 is 10.0 Å². The second kappa shape index (κ2) is 8.87. The molecule has 1 aromatic heterocycles. The van der Waals surface area contributed by atoms with Gasteiger partial charge in [0.1, 0.15) is 0 Å². The summed E-state index contributed by atoms with van der Waals surface area (Å²) in [5, 5.41) is 14.3. The van der Waals surface area contributed by atoms with Gasteiger partial charge in [0.25, 0.3) is 10.0 Å². The molecule has 0 bridgehead atoms. The van der Waals surface area contributed by atoms with Gasteiger partial charge in [0.05, 0.1) is 21.6 Å². The van der Waals surface area contributed by atoms with Gasteiger partial charge >= 0.3 is 0 Å². The van der Waals surface area contributed by atoms with Crippen LogP contribution >= 0.6 is 0 Å². The maximum absolute atomic E-state index is 13.1. The molecule has 0 saturated heterocycles. The predicted molar refractivity (Wildman–Crippen MR) is 129 cm³/mol. The average molecular weight is 461 g/mol. The molecule has 8 nitrogen and oxygen atoms in total. The maximum atomic E-state index is 13.1. The maximum Gasteiger partial charge on any atom is 0.263 e. The van der Waals surface area contributed by atoms with E-state index in [1.165, 1.54) is 6.92 Å². The second-order valence-electron chi connectivity index (χ2n) is 7.56. The van der Waals surface area contributed by atoms with E-state index in [4.69, 9.17) is 0 Å². The third-order valence-corrected chi connectivity index (χ3v) is 6.34. The van der Waals surface area contributed by atoms with E-state index in [9.17, 15) is 13.5 Å². The smallest absolute Gasteiger partial charge is 0.263 e. The molecule has 3 aromatic carbocycles. The molecule has 1 heterocycles. The summed E-state index contributed by atoms with van der Waals surface area (Å²) in [6.45, 7) is 5.16. The number of aliphatic imine (C=N–C) groups is 1. The van der Waals surface area contributed by atoms with E-state index >= 15 is 0 Å². The number of benzene rings is 3. The molecule has 0 spiro atoms. The third-order valence-electron chi connectivity index (χ3n) is 5.01. The fourth-order valence-electron chi connectivity index (χ4n) is 3.16. The summed E-state index contributed by atoms with van der Waals surface area (Å²) in [6.07, 6.45) is 0. The van der Waals surface area contributed by atoms with Crippen LogP contribution in [0.5, 0.6) is 0 Å². The lowest BCUT2D eigenvalue weighted by atomic mass is 10.1. The molecule has 0 atom stereocenters. The van der Waals surface area contributed by atoms with Gasteiger partial charge in [-0.05, 0) is 86.3 Å². The molecule has 33 heavy (non-hydrogen) atoms. The number of para-hydroxylation sites is 2. The van der Waals surface area contributed by atoms with Gasteiger partial charge in [-0.1, -0.05) is 18.2 Å². The topological polar surface area (TPSA) is 119 Å². The second-order valence-corrected chi connectivity index (χ2v) is 9.25. The molecule has 2 N–H and O–H groups in total. The minimum Gasteiger partial charge on any atom is -0.862 e. The Morgan fingerprint density at radius 1 is 0.879 bits per heavy atom. The molecule has 4 rings (SSSR count). The fraction of sp³-hybridized carbons (Fsp3) is 0.125. The van der Waals surface area contributed by atoms with Crippen molar-refractivity contribution in [2.75, 3.05) is 10.0 Å². The van der Waals surface area contributed by atoms with Crippen LogP contribution < -0.4 is 15.1 Å². The Hall–Kier alpha value is -3.98. The van der Waals surface area contributed by atoms with Crippen molar-refractivity contribution >= 4 is 50.0 Å². The lowest BCUT2D eigenvalue weighted by Crippen LogP contribution is -2.16. The van der Waals surface area contributed by atoms with Gasteiger partial charge in [0.2, 0.25) is 0 Å². The Morgan fingerprint density at radius 3 is 2.12 bits per heavy atom. The summed E-state index contributed by atoms with van der Waals surface area (Å²) >= 11 is 0. The Morgan fingerprint density at radius 2 is 1.52 bits per heavy atom. The standard InChI is InChI=1S/C24H23N5O3S/c1-15-8-13-20(14-16(15)2)33(31,32)29-24-23(27-21-6-4-5-7-22(21)28-24)26-19-11-9-18(10-12-19)25-17(3)30/h4-14H,1-3H3,(H,25,30)(H,26,27)(H,28,29)/p-1. The Balaban J connectivity index is 1.73. The number of anilines is 3. The highest BCUT2D eigenvalue weighted by atomic mass is 32.2. The van der Waals surface area contributed by atoms with Crippen LogP contribution in [0, 0.1) is 13.8 Å². The van der Waals surface area contributed by atoms with E-state index in [0.717, 1.165) is 11.1 Å². The molecule has 0 saturated carbocycles. The summed E-state index contributed by atoms with van der Waals surface area (Å²) in [5.74, 6) is 0.0286. The van der Waals surface area contributed by atoms with E-state index in [0.29, 0.717) is 22.4 Å². The van der Waals surface area contributed by atoms with Crippen molar-refractivity contribution in [1.82, 2.24) is 9.97 Å². The van der Waals surface area contributed by atoms with E-state index in [1.807, 2.05) is 26.0 Å². The van der Waals surface area contributed by atoms with Gasteiger partial charge in [-0.2, -0.15) is 0 Å². The lowest BCUT2D eigenvalue weighted by Gasteiger charge is -2.14. The van der Waals surface area contributed by atoms with E-state index in [-0.39, 0.29) is 22.4 Å². The first kappa shape index (κ1) is 22.2. The quantitative estimate of drug-likeness (QED) is 0.329. The zero-order valence-corrected chi connectivity index (χ0v) is 19.1. The largest absolute Gasteiger partial charge is 0.862 e. The van der Waals surface area contributed by atoms with Gasteiger partial charge in [0, 0.05) is 5.69 Å². The van der Waals surface area contributed by atoms with Gasteiger partial charge in [-0.25, -0.2) is 18.4 Å². The molecular formula is C24H22N5O3S-. The molecule has 4 aromatic rings. The van der Waals surface area contributed by atoms with Crippen LogP contribution in [0.4, 0.5) is 23.0 Å². The molecule has 0 aliphatic carbocycles. The zero-order valence-electron chi connectivity index (χ0n) is 18.3. The highest BCUT2D eigenvalue weighted by Crippen LogP contribution is 2.28. The summed E-state index contributed by atoms with van der Waals surface area (Å²) < 4.78 is 28.8. The van der Waals surface area contributed by atoms with Crippen molar-refractivity contribution in [1.29, 1.82) is 0 Å². The normalized spacial score (nSPS) is 12.0. The van der Waals surface area contributed by atoms with Gasteiger partial charge < -0.3 is 10.4 Å². The van der Waals surface area contributed by atoms with Crippen molar-refractivity contribution < 1.29 is 13.5 Å². The average Bonchev–Trinajstić information content (AvgIpc) is 2.76. The minimum absolute atomic E-state index is 0.0735. The summed E-state index contributed by atoms with van der Waals surface area (Å²) in [7, 11) is -3.90. The van der Waals surface area contributed by atoms with Crippen LogP contribution in [0.2, 0.25) is 0 Å². The summed E-state index contributed by atoms with van der Waals surface area (Å²) in [4.78, 5) is 13.1. The van der Waals surface area contributed by atoms with Crippen molar-refractivity contribution in [3.63, 3.8) is 0 Å². The fourth-order valence-corrected chi connectivity index (χ4v) is 4.26. The van der Waals surface area contributed by atoms with Crippen LogP contribution in [-0.2, 0) is 10.0 Å². The molecule has 0 radical (unpaired) electrons. The molecule has 0 amide bonds. The molecule has 0 fully saturated rings. The number of aromatic nitrogens is 2. The number of aryl methyl sites for hydroxylation is 2. The van der Waals surface area contributed by atoms with Crippen LogP contribution in [0.25, 0.3) is 11.0 Å². The zero-order chi connectivity index (χ0) is 23.6. The minimum atomic E-state index is -3.90. The first-order valence-corrected chi connectivity index (χ1v) is 11.7. The number of hydrogen-bond acceptors (Lipinski definition) is 7.